The van der Waals surface area contributed by atoms with Gasteiger partial charge in [-0.25, -0.2) is 0 Å². The molecule has 1 saturated heterocycles. The van der Waals surface area contributed by atoms with E-state index in [-0.39, 0.29) is 41.2 Å². The molecule has 1 N–H and O–H groups in total. The van der Waals surface area contributed by atoms with Crippen LogP contribution in [0.1, 0.15) is 75.4 Å². The van der Waals surface area contributed by atoms with Gasteiger partial charge >= 0.3 is 5.97 Å². The van der Waals surface area contributed by atoms with Crippen molar-refractivity contribution in [2.45, 2.75) is 76.6 Å². The summed E-state index contributed by atoms with van der Waals surface area (Å²) in [7, 11) is 0. The molecule has 1 fully saturated rings. The van der Waals surface area contributed by atoms with Gasteiger partial charge < -0.3 is 14.2 Å². The first-order chi connectivity index (χ1) is 17.9. The number of ketones is 1. The minimum Gasteiger partial charge on any atom is -0.493 e. The standard InChI is InChI=1S/C29H33NO7S/c1-6-25(32)36-23-14-19-21(31)16-29(5,37-22(19)15-20(23)28(2,3)4)11-12-35-18-9-7-17(8-10-18)13-24-26(33)30-27(34)38-24/h7-10,14-15,24H,6,11-13,16H2,1-5H3,(H,30,33,34). The van der Waals surface area contributed by atoms with Gasteiger partial charge in [-0.1, -0.05) is 51.6 Å². The number of carbonyl (C=O) groups is 4. The van der Waals surface area contributed by atoms with Gasteiger partial charge in [-0.3, -0.25) is 24.5 Å². The zero-order valence-corrected chi connectivity index (χ0v) is 23.2. The van der Waals surface area contributed by atoms with Crippen LogP contribution in [0.3, 0.4) is 0 Å². The molecule has 8 nitrogen and oxygen atoms in total. The highest BCUT2D eigenvalue weighted by atomic mass is 32.2. The molecule has 202 valence electrons. The number of hydrogen-bond donors (Lipinski definition) is 1. The summed E-state index contributed by atoms with van der Waals surface area (Å²) in [6.45, 7) is 10.0. The number of fused-ring (bicyclic) bond motifs is 1. The summed E-state index contributed by atoms with van der Waals surface area (Å²) in [5.74, 6) is 0.866. The maximum atomic E-state index is 13.1. The molecule has 38 heavy (non-hydrogen) atoms. The minimum absolute atomic E-state index is 0.0698. The third-order valence-electron chi connectivity index (χ3n) is 6.60. The van der Waals surface area contributed by atoms with Gasteiger partial charge in [0.15, 0.2) is 5.78 Å². The Labute approximate surface area is 226 Å². The molecule has 0 saturated carbocycles. The second-order valence-corrected chi connectivity index (χ2v) is 12.1. The van der Waals surface area contributed by atoms with E-state index < -0.39 is 10.9 Å². The predicted octanol–water partition coefficient (Wildman–Crippen LogP) is 5.39. The van der Waals surface area contributed by atoms with Crippen LogP contribution < -0.4 is 19.5 Å². The molecule has 2 atom stereocenters. The normalized spacial score (nSPS) is 21.0. The summed E-state index contributed by atoms with van der Waals surface area (Å²) in [5.41, 5.74) is 1.07. The molecule has 0 radical (unpaired) electrons. The number of rotatable bonds is 8. The fourth-order valence-corrected chi connectivity index (χ4v) is 5.31. The van der Waals surface area contributed by atoms with Crippen molar-refractivity contribution in [3.8, 4) is 17.2 Å². The van der Waals surface area contributed by atoms with E-state index in [1.165, 1.54) is 0 Å². The van der Waals surface area contributed by atoms with Gasteiger partial charge in [0.2, 0.25) is 5.91 Å². The Balaban J connectivity index is 1.40. The number of thioether (sulfide) groups is 1. The largest absolute Gasteiger partial charge is 0.493 e. The van der Waals surface area contributed by atoms with Crippen LogP contribution in [0, 0.1) is 0 Å². The molecule has 2 heterocycles. The molecule has 2 aliphatic heterocycles. The van der Waals surface area contributed by atoms with Crippen molar-refractivity contribution >= 4 is 34.7 Å². The van der Waals surface area contributed by atoms with Crippen molar-refractivity contribution in [2.24, 2.45) is 0 Å². The Bertz CT molecular complexity index is 1260. The highest BCUT2D eigenvalue weighted by Gasteiger charge is 2.38. The van der Waals surface area contributed by atoms with Crippen molar-refractivity contribution in [1.29, 1.82) is 0 Å². The Morgan fingerprint density at radius 3 is 2.47 bits per heavy atom. The zero-order valence-electron chi connectivity index (χ0n) is 22.3. The van der Waals surface area contributed by atoms with Gasteiger partial charge in [-0.15, -0.1) is 0 Å². The zero-order chi connectivity index (χ0) is 27.7. The Hall–Kier alpha value is -3.33. The van der Waals surface area contributed by atoms with E-state index in [1.54, 1.807) is 13.0 Å². The highest BCUT2D eigenvalue weighted by Crippen LogP contribution is 2.42. The van der Waals surface area contributed by atoms with E-state index in [0.717, 1.165) is 22.9 Å². The van der Waals surface area contributed by atoms with Gasteiger partial charge in [-0.2, -0.15) is 0 Å². The summed E-state index contributed by atoms with van der Waals surface area (Å²) in [6.07, 6.45) is 1.37. The summed E-state index contributed by atoms with van der Waals surface area (Å²) in [4.78, 5) is 48.2. The highest BCUT2D eigenvalue weighted by molar-refractivity contribution is 8.15. The van der Waals surface area contributed by atoms with Gasteiger partial charge in [0.05, 0.1) is 23.8 Å². The van der Waals surface area contributed by atoms with E-state index in [9.17, 15) is 19.2 Å². The molecular formula is C29H33NO7S. The number of Topliss-reactive ketones (excluding diaryl/α,β-unsaturated/α-hetero) is 1. The second kappa shape index (κ2) is 10.8. The molecular weight excluding hydrogens is 506 g/mol. The molecule has 0 aliphatic carbocycles. The first-order valence-corrected chi connectivity index (χ1v) is 13.6. The van der Waals surface area contributed by atoms with E-state index >= 15 is 0 Å². The topological polar surface area (TPSA) is 108 Å². The number of hydrogen-bond acceptors (Lipinski definition) is 8. The third-order valence-corrected chi connectivity index (χ3v) is 7.59. The summed E-state index contributed by atoms with van der Waals surface area (Å²) in [6, 6.07) is 10.9. The van der Waals surface area contributed by atoms with Gasteiger partial charge in [0.1, 0.15) is 22.8 Å². The quantitative estimate of drug-likeness (QED) is 0.352. The Kier molecular flexibility index (Phi) is 7.88. The number of carbonyl (C=O) groups excluding carboxylic acids is 4. The lowest BCUT2D eigenvalue weighted by atomic mass is 9.83. The van der Waals surface area contributed by atoms with Crippen LogP contribution in [0.4, 0.5) is 4.79 Å². The number of benzene rings is 2. The number of esters is 1. The molecule has 4 rings (SSSR count). The van der Waals surface area contributed by atoms with Crippen molar-refractivity contribution in [3.63, 3.8) is 0 Å². The van der Waals surface area contributed by atoms with Gasteiger partial charge in [0.25, 0.3) is 5.24 Å². The van der Waals surface area contributed by atoms with Gasteiger partial charge in [-0.05, 0) is 48.6 Å². The summed E-state index contributed by atoms with van der Waals surface area (Å²) in [5, 5.41) is 1.58. The van der Waals surface area contributed by atoms with Crippen LogP contribution in [0.2, 0.25) is 0 Å². The van der Waals surface area contributed by atoms with Crippen LogP contribution in [-0.2, 0) is 21.4 Å². The lowest BCUT2D eigenvalue weighted by molar-refractivity contribution is -0.134. The molecule has 2 amide bonds. The molecule has 2 unspecified atom stereocenters. The average molecular weight is 540 g/mol. The smallest absolute Gasteiger partial charge is 0.310 e. The molecule has 2 aromatic rings. The summed E-state index contributed by atoms with van der Waals surface area (Å²) < 4.78 is 17.8. The van der Waals surface area contributed by atoms with Gasteiger partial charge in [0, 0.05) is 18.4 Å². The SMILES string of the molecule is CCC(=O)Oc1cc2c(cc1C(C)(C)C)OC(C)(CCOc1ccc(CC3SC(=O)NC3=O)cc1)CC2=O. The number of amides is 2. The third kappa shape index (κ3) is 6.38. The van der Waals surface area contributed by atoms with E-state index in [4.69, 9.17) is 14.2 Å². The van der Waals surface area contributed by atoms with Crippen LogP contribution in [0.25, 0.3) is 0 Å². The molecule has 2 aromatic carbocycles. The molecule has 0 bridgehead atoms. The summed E-state index contributed by atoms with van der Waals surface area (Å²) >= 11 is 1.01. The fourth-order valence-electron chi connectivity index (χ4n) is 4.45. The van der Waals surface area contributed by atoms with E-state index in [0.29, 0.717) is 42.3 Å². The van der Waals surface area contributed by atoms with Crippen LogP contribution in [0.5, 0.6) is 17.2 Å². The van der Waals surface area contributed by atoms with Crippen molar-refractivity contribution in [2.75, 3.05) is 6.61 Å². The number of imide groups is 1. The first-order valence-electron chi connectivity index (χ1n) is 12.7. The molecule has 0 spiro atoms. The Morgan fingerprint density at radius 1 is 1.16 bits per heavy atom. The Morgan fingerprint density at radius 2 is 1.87 bits per heavy atom. The predicted molar refractivity (Wildman–Crippen MR) is 144 cm³/mol. The van der Waals surface area contributed by atoms with Crippen LogP contribution >= 0.6 is 11.8 Å². The monoisotopic (exact) mass is 539 g/mol. The fraction of sp³-hybridized carbons (Fsp3) is 0.448. The minimum atomic E-state index is -0.750. The van der Waals surface area contributed by atoms with Crippen LogP contribution in [-0.4, -0.2) is 40.4 Å². The average Bonchev–Trinajstić information content (AvgIpc) is 3.15. The molecule has 2 aliphatic rings. The van der Waals surface area contributed by atoms with E-state index in [2.05, 4.69) is 5.32 Å². The van der Waals surface area contributed by atoms with Crippen molar-refractivity contribution in [3.05, 3.63) is 53.1 Å². The lowest BCUT2D eigenvalue weighted by Crippen LogP contribution is -2.40. The number of ether oxygens (including phenoxy) is 3. The first kappa shape index (κ1) is 27.7. The molecule has 9 heteroatoms. The van der Waals surface area contributed by atoms with E-state index in [1.807, 2.05) is 58.0 Å². The van der Waals surface area contributed by atoms with Crippen molar-refractivity contribution in [1.82, 2.24) is 5.32 Å². The second-order valence-electron chi connectivity index (χ2n) is 10.9. The maximum absolute atomic E-state index is 13.1. The number of nitrogens with one attached hydrogen (secondary N) is 1. The maximum Gasteiger partial charge on any atom is 0.310 e. The molecule has 0 aromatic heterocycles. The van der Waals surface area contributed by atoms with Crippen molar-refractivity contribution < 1.29 is 33.4 Å². The lowest BCUT2D eigenvalue weighted by Gasteiger charge is -2.36. The van der Waals surface area contributed by atoms with Crippen LogP contribution in [0.15, 0.2) is 36.4 Å².